The minimum absolute atomic E-state index is 0.387. The summed E-state index contributed by atoms with van der Waals surface area (Å²) in [6.45, 7) is 5.29. The zero-order valence-corrected chi connectivity index (χ0v) is 15.6. The molecule has 1 atom stereocenters. The van der Waals surface area contributed by atoms with Crippen molar-refractivity contribution in [3.63, 3.8) is 0 Å². The van der Waals surface area contributed by atoms with E-state index in [1.165, 1.54) is 18.9 Å². The lowest BCUT2D eigenvalue weighted by Crippen LogP contribution is -2.45. The van der Waals surface area contributed by atoms with Gasteiger partial charge >= 0.3 is 12.1 Å². The zero-order chi connectivity index (χ0) is 18.2. The number of ether oxygens (including phenoxy) is 3. The van der Waals surface area contributed by atoms with E-state index in [4.69, 9.17) is 14.2 Å². The van der Waals surface area contributed by atoms with Crippen molar-refractivity contribution < 1.29 is 23.8 Å². The third kappa shape index (κ3) is 7.59. The van der Waals surface area contributed by atoms with Crippen LogP contribution in [-0.2, 0) is 20.0 Å². The van der Waals surface area contributed by atoms with Crippen LogP contribution in [0, 0.1) is 0 Å². The Kier molecular flexibility index (Phi) is 7.91. The van der Waals surface area contributed by atoms with Crippen molar-refractivity contribution in [2.24, 2.45) is 0 Å². The molecule has 1 N–H and O–H groups in total. The molecule has 0 aliphatic heterocycles. The predicted molar refractivity (Wildman–Crippen MR) is 94.3 cm³/mol. The number of alkyl carbamates (subject to hydrolysis) is 1. The van der Waals surface area contributed by atoms with E-state index >= 15 is 0 Å². The molecule has 0 aliphatic rings. The number of carbonyl (C=O) groups is 2. The second kappa shape index (κ2) is 9.42. The number of hydrogen-bond donors (Lipinski definition) is 1. The quantitative estimate of drug-likeness (QED) is 0.758. The highest BCUT2D eigenvalue weighted by Crippen LogP contribution is 2.17. The van der Waals surface area contributed by atoms with E-state index in [2.05, 4.69) is 5.32 Å². The number of methoxy groups -OCH3 is 2. The molecule has 7 heteroatoms. The summed E-state index contributed by atoms with van der Waals surface area (Å²) in [5.74, 6) is 1.39. The molecule has 0 aliphatic carbocycles. The van der Waals surface area contributed by atoms with Crippen LogP contribution in [0.2, 0.25) is 0 Å². The fourth-order valence-corrected chi connectivity index (χ4v) is 2.78. The molecule has 134 valence electrons. The van der Waals surface area contributed by atoms with E-state index in [0.29, 0.717) is 11.5 Å². The van der Waals surface area contributed by atoms with E-state index in [1.54, 1.807) is 27.9 Å². The first-order valence-electron chi connectivity index (χ1n) is 7.53. The van der Waals surface area contributed by atoms with E-state index in [0.717, 1.165) is 11.3 Å². The Morgan fingerprint density at radius 3 is 2.29 bits per heavy atom. The van der Waals surface area contributed by atoms with Crippen molar-refractivity contribution >= 4 is 23.8 Å². The normalized spacial score (nSPS) is 12.2. The van der Waals surface area contributed by atoms with E-state index in [-0.39, 0.29) is 0 Å². The van der Waals surface area contributed by atoms with Crippen LogP contribution in [0.1, 0.15) is 26.3 Å². The summed E-state index contributed by atoms with van der Waals surface area (Å²) < 4.78 is 15.0. The molecule has 6 nitrogen and oxygen atoms in total. The number of esters is 1. The lowest BCUT2D eigenvalue weighted by atomic mass is 10.2. The maximum atomic E-state index is 11.8. The summed E-state index contributed by atoms with van der Waals surface area (Å²) in [4.78, 5) is 23.6. The van der Waals surface area contributed by atoms with Crippen molar-refractivity contribution in [2.45, 2.75) is 38.2 Å². The summed E-state index contributed by atoms with van der Waals surface area (Å²) in [7, 11) is 2.91. The van der Waals surface area contributed by atoms with Crippen LogP contribution >= 0.6 is 11.8 Å². The number of rotatable bonds is 7. The average Bonchev–Trinajstić information content (AvgIpc) is 2.52. The first-order chi connectivity index (χ1) is 11.2. The van der Waals surface area contributed by atoms with Crippen molar-refractivity contribution in [2.75, 3.05) is 20.0 Å². The smallest absolute Gasteiger partial charge is 0.408 e. The number of carbonyl (C=O) groups excluding carboxylic acids is 2. The Morgan fingerprint density at radius 1 is 1.17 bits per heavy atom. The molecule has 0 bridgehead atoms. The summed E-state index contributed by atoms with van der Waals surface area (Å²) in [6, 6.07) is 6.92. The molecule has 1 aromatic carbocycles. The topological polar surface area (TPSA) is 73.9 Å². The van der Waals surface area contributed by atoms with Gasteiger partial charge in [0.2, 0.25) is 0 Å². The van der Waals surface area contributed by atoms with Crippen LogP contribution in [0.3, 0.4) is 0 Å². The molecule has 1 aromatic rings. The van der Waals surface area contributed by atoms with Gasteiger partial charge in [-0.05, 0) is 38.5 Å². The number of thioether (sulfide) groups is 1. The molecule has 0 aromatic heterocycles. The van der Waals surface area contributed by atoms with Gasteiger partial charge in [0.05, 0.1) is 14.2 Å². The molecule has 0 saturated heterocycles. The van der Waals surface area contributed by atoms with E-state index in [1.807, 2.05) is 24.3 Å². The van der Waals surface area contributed by atoms with Crippen LogP contribution < -0.4 is 10.1 Å². The predicted octanol–water partition coefficient (Wildman–Crippen LogP) is 2.99. The monoisotopic (exact) mass is 355 g/mol. The SMILES string of the molecule is COC(=O)[C@H](CSCc1ccc(OC)cc1)NC(=O)OC(C)(C)C. The Morgan fingerprint density at radius 2 is 1.79 bits per heavy atom. The standard InChI is InChI=1S/C17H25NO5S/c1-17(2,3)23-16(20)18-14(15(19)22-5)11-24-10-12-6-8-13(21-4)9-7-12/h6-9,14H,10-11H2,1-5H3,(H,18,20)/t14-/m0/s1. The summed E-state index contributed by atoms with van der Waals surface area (Å²) >= 11 is 1.52. The van der Waals surface area contributed by atoms with Crippen molar-refractivity contribution in [1.29, 1.82) is 0 Å². The maximum Gasteiger partial charge on any atom is 0.408 e. The van der Waals surface area contributed by atoms with Gasteiger partial charge in [-0.25, -0.2) is 9.59 Å². The highest BCUT2D eigenvalue weighted by Gasteiger charge is 2.24. The Balaban J connectivity index is 2.53. The van der Waals surface area contributed by atoms with Gasteiger partial charge in [-0.3, -0.25) is 0 Å². The summed E-state index contributed by atoms with van der Waals surface area (Å²) in [5.41, 5.74) is 0.475. The third-order valence-electron chi connectivity index (χ3n) is 2.89. The molecule has 24 heavy (non-hydrogen) atoms. The molecule has 1 amide bonds. The molecule has 1 rings (SSSR count). The third-order valence-corrected chi connectivity index (χ3v) is 4.00. The van der Waals surface area contributed by atoms with Crippen LogP contribution in [0.4, 0.5) is 4.79 Å². The lowest BCUT2D eigenvalue weighted by Gasteiger charge is -2.22. The second-order valence-corrected chi connectivity index (χ2v) is 7.12. The average molecular weight is 355 g/mol. The van der Waals surface area contributed by atoms with Gasteiger partial charge in [0.1, 0.15) is 17.4 Å². The van der Waals surface area contributed by atoms with Gasteiger partial charge in [0.15, 0.2) is 0 Å². The molecule has 0 heterocycles. The van der Waals surface area contributed by atoms with Crippen LogP contribution in [0.5, 0.6) is 5.75 Å². The molecular weight excluding hydrogens is 330 g/mol. The highest BCUT2D eigenvalue weighted by atomic mass is 32.2. The van der Waals surface area contributed by atoms with Crippen molar-refractivity contribution in [3.8, 4) is 5.75 Å². The largest absolute Gasteiger partial charge is 0.497 e. The fourth-order valence-electron chi connectivity index (χ4n) is 1.78. The van der Waals surface area contributed by atoms with Crippen molar-refractivity contribution in [3.05, 3.63) is 29.8 Å². The molecular formula is C17H25NO5S. The minimum Gasteiger partial charge on any atom is -0.497 e. The highest BCUT2D eigenvalue weighted by molar-refractivity contribution is 7.98. The molecule has 0 spiro atoms. The number of hydrogen-bond acceptors (Lipinski definition) is 6. The first-order valence-corrected chi connectivity index (χ1v) is 8.68. The Labute approximate surface area is 147 Å². The van der Waals surface area contributed by atoms with Gasteiger partial charge in [0, 0.05) is 11.5 Å². The lowest BCUT2D eigenvalue weighted by molar-refractivity contribution is -0.142. The van der Waals surface area contributed by atoms with E-state index < -0.39 is 23.7 Å². The van der Waals surface area contributed by atoms with Crippen LogP contribution in [0.25, 0.3) is 0 Å². The van der Waals surface area contributed by atoms with Crippen LogP contribution in [-0.4, -0.2) is 43.7 Å². The summed E-state index contributed by atoms with van der Waals surface area (Å²) in [5, 5.41) is 2.55. The fraction of sp³-hybridized carbons (Fsp3) is 0.529. The maximum absolute atomic E-state index is 11.8. The van der Waals surface area contributed by atoms with Gasteiger partial charge in [-0.15, -0.1) is 0 Å². The van der Waals surface area contributed by atoms with Crippen LogP contribution in [0.15, 0.2) is 24.3 Å². The number of nitrogens with one attached hydrogen (secondary N) is 1. The second-order valence-electron chi connectivity index (χ2n) is 6.09. The number of benzene rings is 1. The molecule has 0 radical (unpaired) electrons. The minimum atomic E-state index is -0.756. The Hall–Kier alpha value is -1.89. The molecule has 0 saturated carbocycles. The van der Waals surface area contributed by atoms with Gasteiger partial charge in [-0.1, -0.05) is 12.1 Å². The van der Waals surface area contributed by atoms with Gasteiger partial charge in [0.25, 0.3) is 0 Å². The van der Waals surface area contributed by atoms with Gasteiger partial charge < -0.3 is 19.5 Å². The summed E-state index contributed by atoms with van der Waals surface area (Å²) in [6.07, 6.45) is -0.636. The first kappa shape index (κ1) is 20.2. The number of amides is 1. The van der Waals surface area contributed by atoms with E-state index in [9.17, 15) is 9.59 Å². The van der Waals surface area contributed by atoms with Gasteiger partial charge in [-0.2, -0.15) is 11.8 Å². The Bertz CT molecular complexity index is 539. The zero-order valence-electron chi connectivity index (χ0n) is 14.8. The molecule has 0 unspecified atom stereocenters. The molecule has 0 fully saturated rings. The van der Waals surface area contributed by atoms with Crippen molar-refractivity contribution in [1.82, 2.24) is 5.32 Å².